The molecule has 0 saturated carbocycles. The largest absolute Gasteiger partial charge is 0.495 e. The fourth-order valence-electron chi connectivity index (χ4n) is 2.04. The van der Waals surface area contributed by atoms with Crippen LogP contribution in [0, 0.1) is 6.92 Å². The fraction of sp³-hybridized carbons (Fsp3) is 0.375. The lowest BCUT2D eigenvalue weighted by Crippen LogP contribution is -2.07. The molecule has 7 heteroatoms. The minimum Gasteiger partial charge on any atom is -0.495 e. The first-order chi connectivity index (χ1) is 11.1. The SMILES string of the molecule is CCCNc1nc(C)cc(Nc2cc(OC)c(Cl)cc2OC)n1. The zero-order valence-corrected chi connectivity index (χ0v) is 14.5. The first-order valence-corrected chi connectivity index (χ1v) is 7.73. The van der Waals surface area contributed by atoms with Crippen molar-refractivity contribution in [3.63, 3.8) is 0 Å². The summed E-state index contributed by atoms with van der Waals surface area (Å²) in [6.45, 7) is 4.83. The average Bonchev–Trinajstić information content (AvgIpc) is 2.53. The van der Waals surface area contributed by atoms with Crippen molar-refractivity contribution in [2.45, 2.75) is 20.3 Å². The summed E-state index contributed by atoms with van der Waals surface area (Å²) in [4.78, 5) is 8.82. The van der Waals surface area contributed by atoms with Crippen LogP contribution in [-0.4, -0.2) is 30.7 Å². The van der Waals surface area contributed by atoms with Gasteiger partial charge in [-0.1, -0.05) is 18.5 Å². The van der Waals surface area contributed by atoms with E-state index in [4.69, 9.17) is 21.1 Å². The first-order valence-electron chi connectivity index (χ1n) is 7.35. The van der Waals surface area contributed by atoms with Crippen molar-refractivity contribution < 1.29 is 9.47 Å². The highest BCUT2D eigenvalue weighted by Gasteiger charge is 2.11. The van der Waals surface area contributed by atoms with Gasteiger partial charge in [0, 0.05) is 30.4 Å². The van der Waals surface area contributed by atoms with E-state index < -0.39 is 0 Å². The van der Waals surface area contributed by atoms with Crippen LogP contribution in [0.2, 0.25) is 5.02 Å². The molecule has 1 aromatic heterocycles. The Balaban J connectivity index is 2.32. The van der Waals surface area contributed by atoms with E-state index in [0.717, 1.165) is 18.7 Å². The smallest absolute Gasteiger partial charge is 0.224 e. The summed E-state index contributed by atoms with van der Waals surface area (Å²) in [5.41, 5.74) is 1.58. The van der Waals surface area contributed by atoms with Crippen molar-refractivity contribution in [1.29, 1.82) is 0 Å². The number of benzene rings is 1. The summed E-state index contributed by atoms with van der Waals surface area (Å²) in [5, 5.41) is 6.90. The van der Waals surface area contributed by atoms with Gasteiger partial charge in [-0.3, -0.25) is 0 Å². The number of rotatable bonds is 7. The van der Waals surface area contributed by atoms with E-state index in [1.54, 1.807) is 26.4 Å². The number of nitrogens with one attached hydrogen (secondary N) is 2. The lowest BCUT2D eigenvalue weighted by molar-refractivity contribution is 0.405. The van der Waals surface area contributed by atoms with Gasteiger partial charge in [-0.25, -0.2) is 4.98 Å². The minimum atomic E-state index is 0.485. The van der Waals surface area contributed by atoms with Crippen LogP contribution < -0.4 is 20.1 Å². The molecule has 0 aliphatic rings. The lowest BCUT2D eigenvalue weighted by Gasteiger charge is -2.14. The van der Waals surface area contributed by atoms with Crippen LogP contribution in [0.4, 0.5) is 17.5 Å². The van der Waals surface area contributed by atoms with Crippen LogP contribution in [-0.2, 0) is 0 Å². The van der Waals surface area contributed by atoms with Crippen LogP contribution >= 0.6 is 11.6 Å². The number of aromatic nitrogens is 2. The Morgan fingerprint density at radius 2 is 1.83 bits per heavy atom. The highest BCUT2D eigenvalue weighted by atomic mass is 35.5. The van der Waals surface area contributed by atoms with Crippen molar-refractivity contribution in [3.05, 3.63) is 28.9 Å². The van der Waals surface area contributed by atoms with Gasteiger partial charge in [-0.15, -0.1) is 0 Å². The molecule has 23 heavy (non-hydrogen) atoms. The van der Waals surface area contributed by atoms with Gasteiger partial charge in [0.05, 0.1) is 24.9 Å². The summed E-state index contributed by atoms with van der Waals surface area (Å²) >= 11 is 6.12. The van der Waals surface area contributed by atoms with Crippen molar-refractivity contribution >= 4 is 29.1 Å². The molecule has 0 saturated heterocycles. The maximum absolute atomic E-state index is 6.12. The number of anilines is 3. The van der Waals surface area contributed by atoms with E-state index in [-0.39, 0.29) is 0 Å². The third kappa shape index (κ3) is 4.39. The third-order valence-electron chi connectivity index (χ3n) is 3.12. The molecule has 0 atom stereocenters. The van der Waals surface area contributed by atoms with E-state index >= 15 is 0 Å². The maximum Gasteiger partial charge on any atom is 0.224 e. The minimum absolute atomic E-state index is 0.485. The van der Waals surface area contributed by atoms with Crippen LogP contribution in [0.25, 0.3) is 0 Å². The average molecular weight is 337 g/mol. The highest BCUT2D eigenvalue weighted by molar-refractivity contribution is 6.32. The highest BCUT2D eigenvalue weighted by Crippen LogP contribution is 2.37. The van der Waals surface area contributed by atoms with E-state index in [1.165, 1.54) is 0 Å². The molecule has 0 spiro atoms. The van der Waals surface area contributed by atoms with Gasteiger partial charge in [0.25, 0.3) is 0 Å². The molecule has 124 valence electrons. The molecule has 6 nitrogen and oxygen atoms in total. The Bertz CT molecular complexity index is 679. The van der Waals surface area contributed by atoms with Gasteiger partial charge >= 0.3 is 0 Å². The number of hydrogen-bond donors (Lipinski definition) is 2. The van der Waals surface area contributed by atoms with Gasteiger partial charge in [0.1, 0.15) is 17.3 Å². The number of ether oxygens (including phenoxy) is 2. The van der Waals surface area contributed by atoms with E-state index in [9.17, 15) is 0 Å². The van der Waals surface area contributed by atoms with Crippen molar-refractivity contribution in [2.75, 3.05) is 31.4 Å². The fourth-order valence-corrected chi connectivity index (χ4v) is 2.28. The van der Waals surface area contributed by atoms with Gasteiger partial charge in [0.2, 0.25) is 5.95 Å². The molecule has 0 unspecified atom stereocenters. The molecule has 2 rings (SSSR count). The molecule has 0 aliphatic carbocycles. The molecule has 2 N–H and O–H groups in total. The Labute approximate surface area is 141 Å². The second-order valence-corrected chi connectivity index (χ2v) is 5.36. The molecule has 0 aliphatic heterocycles. The summed E-state index contributed by atoms with van der Waals surface area (Å²) in [6.07, 6.45) is 1.00. The Morgan fingerprint density at radius 3 is 2.48 bits per heavy atom. The van der Waals surface area contributed by atoms with E-state index in [0.29, 0.717) is 34.0 Å². The monoisotopic (exact) mass is 336 g/mol. The number of halogens is 1. The van der Waals surface area contributed by atoms with Crippen molar-refractivity contribution in [1.82, 2.24) is 9.97 Å². The number of aryl methyl sites for hydroxylation is 1. The lowest BCUT2D eigenvalue weighted by atomic mass is 10.2. The molecule has 1 heterocycles. The molecule has 2 aromatic rings. The topological polar surface area (TPSA) is 68.3 Å². The molecule has 0 amide bonds. The Hall–Kier alpha value is -2.21. The molecular formula is C16H21ClN4O2. The molecule has 0 radical (unpaired) electrons. The standard InChI is InChI=1S/C16H21ClN4O2/c1-5-6-18-16-19-10(2)7-15(21-16)20-12-9-13(22-3)11(17)8-14(12)23-4/h7-9H,5-6H2,1-4H3,(H2,18,19,20,21). The zero-order valence-electron chi connectivity index (χ0n) is 13.7. The van der Waals surface area contributed by atoms with Crippen LogP contribution in [0.1, 0.15) is 19.0 Å². The van der Waals surface area contributed by atoms with Gasteiger partial charge in [-0.2, -0.15) is 4.98 Å². The van der Waals surface area contributed by atoms with E-state index in [1.807, 2.05) is 13.0 Å². The summed E-state index contributed by atoms with van der Waals surface area (Å²) in [6, 6.07) is 5.34. The first kappa shape index (κ1) is 17.1. The number of methoxy groups -OCH3 is 2. The zero-order chi connectivity index (χ0) is 16.8. The molecule has 1 aromatic carbocycles. The van der Waals surface area contributed by atoms with Gasteiger partial charge in [-0.05, 0) is 13.3 Å². The van der Waals surface area contributed by atoms with Crippen LogP contribution in [0.3, 0.4) is 0 Å². The van der Waals surface area contributed by atoms with Crippen LogP contribution in [0.15, 0.2) is 18.2 Å². The molecular weight excluding hydrogens is 316 g/mol. The van der Waals surface area contributed by atoms with Crippen molar-refractivity contribution in [2.24, 2.45) is 0 Å². The Morgan fingerprint density at radius 1 is 1.09 bits per heavy atom. The van der Waals surface area contributed by atoms with Gasteiger partial charge in [0.15, 0.2) is 0 Å². The summed E-state index contributed by atoms with van der Waals surface area (Å²) in [7, 11) is 3.15. The Kier molecular flexibility index (Phi) is 5.87. The van der Waals surface area contributed by atoms with Crippen LogP contribution in [0.5, 0.6) is 11.5 Å². The predicted octanol–water partition coefficient (Wildman–Crippen LogP) is 4.02. The van der Waals surface area contributed by atoms with Crippen molar-refractivity contribution in [3.8, 4) is 11.5 Å². The normalized spacial score (nSPS) is 10.3. The number of hydrogen-bond acceptors (Lipinski definition) is 6. The quantitative estimate of drug-likeness (QED) is 0.796. The summed E-state index contributed by atoms with van der Waals surface area (Å²) < 4.78 is 10.6. The van der Waals surface area contributed by atoms with E-state index in [2.05, 4.69) is 27.5 Å². The molecule has 0 fully saturated rings. The second-order valence-electron chi connectivity index (χ2n) is 4.96. The predicted molar refractivity (Wildman–Crippen MR) is 93.4 cm³/mol. The maximum atomic E-state index is 6.12. The molecule has 0 bridgehead atoms. The second kappa shape index (κ2) is 7.87. The van der Waals surface area contributed by atoms with Gasteiger partial charge < -0.3 is 20.1 Å². The third-order valence-corrected chi connectivity index (χ3v) is 3.42. The summed E-state index contributed by atoms with van der Waals surface area (Å²) in [5.74, 6) is 2.42. The number of nitrogens with zero attached hydrogens (tertiary/aromatic N) is 2.